The van der Waals surface area contributed by atoms with Crippen LogP contribution in [0.5, 0.6) is 0 Å². The number of nitro groups is 1. The SMILES string of the molecule is N#Cc1ccc(NC2CC(N(CC(=O)O)CC3CC3)C2)c([N+](=O)[O-])c1. The van der Waals surface area contributed by atoms with Gasteiger partial charge in [-0.2, -0.15) is 5.26 Å². The second-order valence-electron chi connectivity index (χ2n) is 6.83. The summed E-state index contributed by atoms with van der Waals surface area (Å²) in [6, 6.07) is 6.55. The maximum Gasteiger partial charge on any atom is 0.317 e. The van der Waals surface area contributed by atoms with Gasteiger partial charge >= 0.3 is 5.97 Å². The van der Waals surface area contributed by atoms with Crippen LogP contribution in [-0.4, -0.2) is 46.1 Å². The second kappa shape index (κ2) is 7.07. The van der Waals surface area contributed by atoms with E-state index in [-0.39, 0.29) is 29.9 Å². The van der Waals surface area contributed by atoms with E-state index in [9.17, 15) is 14.9 Å². The van der Waals surface area contributed by atoms with Gasteiger partial charge in [-0.1, -0.05) is 0 Å². The number of anilines is 1. The normalized spacial score (nSPS) is 22.1. The lowest BCUT2D eigenvalue weighted by atomic mass is 9.85. The molecule has 2 aliphatic carbocycles. The average molecular weight is 344 g/mol. The van der Waals surface area contributed by atoms with Gasteiger partial charge in [0.05, 0.1) is 23.1 Å². The van der Waals surface area contributed by atoms with Crippen molar-refractivity contribution in [2.24, 2.45) is 5.92 Å². The molecule has 0 spiro atoms. The molecule has 0 bridgehead atoms. The van der Waals surface area contributed by atoms with Crippen LogP contribution in [0.1, 0.15) is 31.2 Å². The molecule has 132 valence electrons. The number of rotatable bonds is 8. The van der Waals surface area contributed by atoms with Crippen molar-refractivity contribution >= 4 is 17.3 Å². The van der Waals surface area contributed by atoms with Gasteiger partial charge < -0.3 is 10.4 Å². The molecule has 2 N–H and O–H groups in total. The van der Waals surface area contributed by atoms with Gasteiger partial charge in [-0.25, -0.2) is 0 Å². The Hall–Kier alpha value is -2.66. The zero-order valence-electron chi connectivity index (χ0n) is 13.7. The molecule has 0 amide bonds. The summed E-state index contributed by atoms with van der Waals surface area (Å²) in [6.45, 7) is 0.867. The minimum absolute atomic E-state index is 0.0465. The standard InChI is InChI=1S/C17H20N4O4/c18-8-12-3-4-15(16(5-12)21(24)25)19-13-6-14(7-13)20(10-17(22)23)9-11-1-2-11/h3-5,11,13-14,19H,1-2,6-7,9-10H2,(H,22,23). The summed E-state index contributed by atoms with van der Waals surface area (Å²) in [7, 11) is 0. The van der Waals surface area contributed by atoms with Crippen LogP contribution in [0.3, 0.4) is 0 Å². The van der Waals surface area contributed by atoms with Crippen LogP contribution in [0.25, 0.3) is 0 Å². The van der Waals surface area contributed by atoms with Crippen molar-refractivity contribution < 1.29 is 14.8 Å². The van der Waals surface area contributed by atoms with Gasteiger partial charge in [-0.3, -0.25) is 19.8 Å². The molecule has 1 aromatic rings. The number of aliphatic carboxylic acids is 1. The van der Waals surface area contributed by atoms with Gasteiger partial charge in [0, 0.05) is 24.7 Å². The number of carboxylic acids is 1. The van der Waals surface area contributed by atoms with Crippen molar-refractivity contribution in [3.05, 3.63) is 33.9 Å². The van der Waals surface area contributed by atoms with E-state index in [1.54, 1.807) is 12.1 Å². The topological polar surface area (TPSA) is 120 Å². The highest BCUT2D eigenvalue weighted by Crippen LogP contribution is 2.36. The Balaban J connectivity index is 1.60. The lowest BCUT2D eigenvalue weighted by Crippen LogP contribution is -2.52. The predicted molar refractivity (Wildman–Crippen MR) is 90.2 cm³/mol. The van der Waals surface area contributed by atoms with Crippen molar-refractivity contribution in [2.75, 3.05) is 18.4 Å². The quantitative estimate of drug-likeness (QED) is 0.548. The average Bonchev–Trinajstić information content (AvgIpc) is 3.33. The van der Waals surface area contributed by atoms with Crippen LogP contribution < -0.4 is 5.32 Å². The van der Waals surface area contributed by atoms with Crippen LogP contribution in [0.15, 0.2) is 18.2 Å². The number of nitro benzene ring substituents is 1. The molecule has 2 fully saturated rings. The first-order valence-electron chi connectivity index (χ1n) is 8.37. The number of hydrogen-bond donors (Lipinski definition) is 2. The zero-order valence-corrected chi connectivity index (χ0v) is 13.7. The molecular formula is C17H20N4O4. The Morgan fingerprint density at radius 1 is 1.44 bits per heavy atom. The van der Waals surface area contributed by atoms with Gasteiger partial charge in [-0.05, 0) is 43.7 Å². The van der Waals surface area contributed by atoms with Crippen LogP contribution >= 0.6 is 0 Å². The third-order valence-electron chi connectivity index (χ3n) is 4.84. The molecule has 1 aromatic carbocycles. The van der Waals surface area contributed by atoms with Crippen LogP contribution in [-0.2, 0) is 4.79 Å². The predicted octanol–water partition coefficient (Wildman–Crippen LogP) is 2.21. The molecular weight excluding hydrogens is 324 g/mol. The molecule has 0 aliphatic heterocycles. The van der Waals surface area contributed by atoms with Gasteiger partial charge in [0.15, 0.2) is 0 Å². The van der Waals surface area contributed by atoms with Crippen LogP contribution in [0.4, 0.5) is 11.4 Å². The summed E-state index contributed by atoms with van der Waals surface area (Å²) in [5, 5.41) is 32.3. The fraction of sp³-hybridized carbons (Fsp3) is 0.529. The van der Waals surface area contributed by atoms with E-state index < -0.39 is 10.9 Å². The lowest BCUT2D eigenvalue weighted by molar-refractivity contribution is -0.384. The summed E-state index contributed by atoms with van der Waals surface area (Å²) in [6.07, 6.45) is 3.86. The molecule has 0 radical (unpaired) electrons. The first-order chi connectivity index (χ1) is 12.0. The first-order valence-corrected chi connectivity index (χ1v) is 8.37. The molecule has 2 aliphatic rings. The summed E-state index contributed by atoms with van der Waals surface area (Å²) in [5.41, 5.74) is 0.545. The van der Waals surface area contributed by atoms with Crippen molar-refractivity contribution in [3.8, 4) is 6.07 Å². The third kappa shape index (κ3) is 4.25. The van der Waals surface area contributed by atoms with E-state index in [1.807, 2.05) is 11.0 Å². The molecule has 25 heavy (non-hydrogen) atoms. The molecule has 0 aromatic heterocycles. The Morgan fingerprint density at radius 2 is 2.16 bits per heavy atom. The largest absolute Gasteiger partial charge is 0.480 e. The van der Waals surface area contributed by atoms with E-state index in [2.05, 4.69) is 5.32 Å². The molecule has 2 saturated carbocycles. The van der Waals surface area contributed by atoms with E-state index >= 15 is 0 Å². The highest BCUT2D eigenvalue weighted by molar-refractivity contribution is 5.69. The summed E-state index contributed by atoms with van der Waals surface area (Å²) in [4.78, 5) is 23.8. The van der Waals surface area contributed by atoms with Gasteiger partial charge in [-0.15, -0.1) is 0 Å². The Kier molecular flexibility index (Phi) is 4.86. The number of carboxylic acid groups (broad SMARTS) is 1. The maximum absolute atomic E-state index is 11.2. The Labute approximate surface area is 145 Å². The fourth-order valence-electron chi connectivity index (χ4n) is 3.25. The first kappa shape index (κ1) is 17.2. The third-order valence-corrected chi connectivity index (χ3v) is 4.84. The van der Waals surface area contributed by atoms with Gasteiger partial charge in [0.25, 0.3) is 5.69 Å². The number of carbonyl (C=O) groups is 1. The maximum atomic E-state index is 11.2. The molecule has 0 unspecified atom stereocenters. The summed E-state index contributed by atoms with van der Waals surface area (Å²) in [5.74, 6) is -0.203. The molecule has 8 nitrogen and oxygen atoms in total. The van der Waals surface area contributed by atoms with E-state index in [0.29, 0.717) is 11.6 Å². The van der Waals surface area contributed by atoms with Crippen molar-refractivity contribution in [3.63, 3.8) is 0 Å². The van der Waals surface area contributed by atoms with E-state index in [1.165, 1.54) is 18.9 Å². The lowest BCUT2D eigenvalue weighted by Gasteiger charge is -2.43. The Bertz CT molecular complexity index is 720. The van der Waals surface area contributed by atoms with E-state index in [4.69, 9.17) is 10.4 Å². The van der Waals surface area contributed by atoms with Gasteiger partial charge in [0.1, 0.15) is 5.69 Å². The Morgan fingerprint density at radius 3 is 2.72 bits per heavy atom. The molecule has 0 saturated heterocycles. The smallest absolute Gasteiger partial charge is 0.317 e. The summed E-state index contributed by atoms with van der Waals surface area (Å²) >= 11 is 0. The number of hydrogen-bond acceptors (Lipinski definition) is 6. The van der Waals surface area contributed by atoms with Crippen LogP contribution in [0.2, 0.25) is 0 Å². The number of benzene rings is 1. The highest BCUT2D eigenvalue weighted by Gasteiger charge is 2.37. The summed E-state index contributed by atoms with van der Waals surface area (Å²) < 4.78 is 0. The number of nitrogens with one attached hydrogen (secondary N) is 1. The monoisotopic (exact) mass is 344 g/mol. The molecule has 8 heteroatoms. The second-order valence-corrected chi connectivity index (χ2v) is 6.83. The number of nitriles is 1. The van der Waals surface area contributed by atoms with Crippen molar-refractivity contribution in [2.45, 2.75) is 37.8 Å². The zero-order chi connectivity index (χ0) is 18.0. The van der Waals surface area contributed by atoms with Crippen LogP contribution in [0, 0.1) is 27.4 Å². The number of nitrogens with zero attached hydrogens (tertiary/aromatic N) is 3. The molecule has 3 rings (SSSR count). The fourth-order valence-corrected chi connectivity index (χ4v) is 3.25. The highest BCUT2D eigenvalue weighted by atomic mass is 16.6. The molecule has 0 atom stereocenters. The molecule has 0 heterocycles. The minimum Gasteiger partial charge on any atom is -0.480 e. The van der Waals surface area contributed by atoms with Gasteiger partial charge in [0.2, 0.25) is 0 Å². The van der Waals surface area contributed by atoms with Crippen molar-refractivity contribution in [1.82, 2.24) is 4.90 Å². The minimum atomic E-state index is -0.820. The van der Waals surface area contributed by atoms with E-state index in [0.717, 1.165) is 19.4 Å². The van der Waals surface area contributed by atoms with Crippen molar-refractivity contribution in [1.29, 1.82) is 5.26 Å².